The Kier molecular flexibility index (Phi) is 7.13. The molecule has 6 nitrogen and oxygen atoms in total. The maximum Gasteiger partial charge on any atom is 0.573 e. The van der Waals surface area contributed by atoms with Crippen LogP contribution in [0.5, 0.6) is 5.75 Å². The zero-order valence-corrected chi connectivity index (χ0v) is 16.6. The zero-order valence-electron chi connectivity index (χ0n) is 15.9. The number of hydrogen-bond donors (Lipinski definition) is 3. The number of halogens is 5. The first kappa shape index (κ1) is 22.6. The molecule has 164 valence electrons. The standard InChI is InChI=1S/C20H17ClF4N4O2/c21-13-5-6-15(22)17(10-13)27-18-11-16(28-19(29-18)26-7-2-8-30)12-3-1-4-14(9-12)31-20(23,24)25/h1,3-6,9-11,30H,2,7-8H2,(H2,26,27,28,29). The van der Waals surface area contributed by atoms with Crippen LogP contribution >= 0.6 is 11.6 Å². The highest BCUT2D eigenvalue weighted by atomic mass is 35.5. The second kappa shape index (κ2) is 9.80. The van der Waals surface area contributed by atoms with E-state index in [1.54, 1.807) is 6.07 Å². The van der Waals surface area contributed by atoms with Gasteiger partial charge in [0.05, 0.1) is 11.4 Å². The van der Waals surface area contributed by atoms with Crippen molar-refractivity contribution >= 4 is 29.1 Å². The number of nitrogens with one attached hydrogen (secondary N) is 2. The Labute approximate surface area is 179 Å². The molecule has 3 rings (SSSR count). The molecule has 31 heavy (non-hydrogen) atoms. The van der Waals surface area contributed by atoms with Gasteiger partial charge in [0.1, 0.15) is 17.4 Å². The van der Waals surface area contributed by atoms with Gasteiger partial charge >= 0.3 is 6.36 Å². The van der Waals surface area contributed by atoms with E-state index < -0.39 is 17.9 Å². The first-order valence-corrected chi connectivity index (χ1v) is 9.43. The van der Waals surface area contributed by atoms with E-state index in [2.05, 4.69) is 25.3 Å². The Balaban J connectivity index is 1.97. The van der Waals surface area contributed by atoms with Gasteiger partial charge in [-0.15, -0.1) is 13.2 Å². The van der Waals surface area contributed by atoms with Crippen LogP contribution in [0.25, 0.3) is 11.3 Å². The summed E-state index contributed by atoms with van der Waals surface area (Å²) in [6, 6.07) is 10.7. The van der Waals surface area contributed by atoms with Crippen molar-refractivity contribution in [2.45, 2.75) is 12.8 Å². The van der Waals surface area contributed by atoms with Gasteiger partial charge in [0, 0.05) is 29.8 Å². The van der Waals surface area contributed by atoms with Crippen LogP contribution in [0.2, 0.25) is 5.02 Å². The minimum absolute atomic E-state index is 0.0532. The Morgan fingerprint density at radius 1 is 1.06 bits per heavy atom. The molecule has 0 radical (unpaired) electrons. The van der Waals surface area contributed by atoms with Crippen molar-refractivity contribution in [3.05, 3.63) is 59.4 Å². The predicted molar refractivity (Wildman–Crippen MR) is 109 cm³/mol. The third-order valence-electron chi connectivity index (χ3n) is 3.90. The number of benzene rings is 2. The summed E-state index contributed by atoms with van der Waals surface area (Å²) in [5, 5.41) is 15.0. The van der Waals surface area contributed by atoms with Gasteiger partial charge in [0.25, 0.3) is 0 Å². The Bertz CT molecular complexity index is 1050. The molecule has 1 heterocycles. The van der Waals surface area contributed by atoms with Gasteiger partial charge < -0.3 is 20.5 Å². The van der Waals surface area contributed by atoms with Gasteiger partial charge in [-0.2, -0.15) is 4.98 Å². The first-order valence-electron chi connectivity index (χ1n) is 9.05. The minimum Gasteiger partial charge on any atom is -0.406 e. The third-order valence-corrected chi connectivity index (χ3v) is 4.13. The number of alkyl halides is 3. The van der Waals surface area contributed by atoms with Crippen molar-refractivity contribution in [1.29, 1.82) is 0 Å². The van der Waals surface area contributed by atoms with Crippen LogP contribution in [0.4, 0.5) is 35.0 Å². The van der Waals surface area contributed by atoms with Gasteiger partial charge in [0.2, 0.25) is 5.95 Å². The number of nitrogens with zero attached hydrogens (tertiary/aromatic N) is 2. The van der Waals surface area contributed by atoms with Gasteiger partial charge in [-0.25, -0.2) is 9.37 Å². The molecule has 3 aromatic rings. The molecule has 3 N–H and O–H groups in total. The average molecular weight is 457 g/mol. The Morgan fingerprint density at radius 3 is 2.61 bits per heavy atom. The molecule has 0 saturated carbocycles. The molecular formula is C20H17ClF4N4O2. The summed E-state index contributed by atoms with van der Waals surface area (Å²) >= 11 is 5.91. The molecule has 0 bridgehead atoms. The number of hydrogen-bond acceptors (Lipinski definition) is 6. The van der Waals surface area contributed by atoms with Gasteiger partial charge in [-0.3, -0.25) is 0 Å². The maximum absolute atomic E-state index is 14.1. The zero-order chi connectivity index (χ0) is 22.4. The van der Waals surface area contributed by atoms with Crippen LogP contribution in [0, 0.1) is 5.82 Å². The molecular weight excluding hydrogens is 440 g/mol. The number of aliphatic hydroxyl groups excluding tert-OH is 1. The van der Waals surface area contributed by atoms with Crippen molar-refractivity contribution < 1.29 is 27.4 Å². The van der Waals surface area contributed by atoms with Crippen LogP contribution in [-0.2, 0) is 0 Å². The SMILES string of the molecule is OCCCNc1nc(Nc2cc(Cl)ccc2F)cc(-c2cccc(OC(F)(F)F)c2)n1. The summed E-state index contributed by atoms with van der Waals surface area (Å²) in [7, 11) is 0. The summed E-state index contributed by atoms with van der Waals surface area (Å²) in [6.07, 6.45) is -4.41. The first-order chi connectivity index (χ1) is 14.7. The minimum atomic E-state index is -4.84. The van der Waals surface area contributed by atoms with E-state index >= 15 is 0 Å². The number of ether oxygens (including phenoxy) is 1. The molecule has 0 aliphatic rings. The normalized spacial score (nSPS) is 11.3. The van der Waals surface area contributed by atoms with Crippen molar-refractivity contribution in [2.24, 2.45) is 0 Å². The summed E-state index contributed by atoms with van der Waals surface area (Å²) in [5.41, 5.74) is 0.649. The highest BCUT2D eigenvalue weighted by Gasteiger charge is 2.31. The van der Waals surface area contributed by atoms with E-state index in [-0.39, 0.29) is 29.8 Å². The third kappa shape index (κ3) is 6.69. The maximum atomic E-state index is 14.1. The highest BCUT2D eigenvalue weighted by Crippen LogP contribution is 2.30. The second-order valence-electron chi connectivity index (χ2n) is 6.29. The van der Waals surface area contributed by atoms with E-state index in [4.69, 9.17) is 16.7 Å². The van der Waals surface area contributed by atoms with Crippen LogP contribution in [-0.4, -0.2) is 34.6 Å². The quantitative estimate of drug-likeness (QED) is 0.312. The molecule has 0 unspecified atom stereocenters. The van der Waals surface area contributed by atoms with Crippen LogP contribution in [0.3, 0.4) is 0 Å². The van der Waals surface area contributed by atoms with Gasteiger partial charge in [-0.1, -0.05) is 23.7 Å². The molecule has 0 atom stereocenters. The smallest absolute Gasteiger partial charge is 0.406 e. The summed E-state index contributed by atoms with van der Waals surface area (Å²) in [5.74, 6) is -0.661. The fourth-order valence-electron chi connectivity index (χ4n) is 2.60. The molecule has 0 saturated heterocycles. The number of rotatable bonds is 8. The Morgan fingerprint density at radius 2 is 1.87 bits per heavy atom. The molecule has 0 amide bonds. The van der Waals surface area contributed by atoms with E-state index in [0.29, 0.717) is 23.6 Å². The van der Waals surface area contributed by atoms with E-state index in [1.807, 2.05) is 0 Å². The van der Waals surface area contributed by atoms with Gasteiger partial charge in [0.15, 0.2) is 0 Å². The van der Waals surface area contributed by atoms with Gasteiger partial charge in [-0.05, 0) is 36.8 Å². The van der Waals surface area contributed by atoms with Crippen molar-refractivity contribution in [1.82, 2.24) is 9.97 Å². The average Bonchev–Trinajstić information content (AvgIpc) is 2.70. The lowest BCUT2D eigenvalue weighted by Crippen LogP contribution is -2.17. The molecule has 0 fully saturated rings. The van der Waals surface area contributed by atoms with E-state index in [1.165, 1.54) is 42.5 Å². The fourth-order valence-corrected chi connectivity index (χ4v) is 2.77. The number of anilines is 3. The number of aliphatic hydroxyl groups is 1. The highest BCUT2D eigenvalue weighted by molar-refractivity contribution is 6.30. The lowest BCUT2D eigenvalue weighted by Gasteiger charge is -2.13. The molecule has 2 aromatic carbocycles. The predicted octanol–water partition coefficient (Wildman–Crippen LogP) is 5.37. The largest absolute Gasteiger partial charge is 0.573 e. The molecule has 11 heteroatoms. The monoisotopic (exact) mass is 456 g/mol. The van der Waals surface area contributed by atoms with Crippen molar-refractivity contribution in [2.75, 3.05) is 23.8 Å². The summed E-state index contributed by atoms with van der Waals surface area (Å²) in [6.45, 7) is 0.296. The van der Waals surface area contributed by atoms with Crippen molar-refractivity contribution in [3.63, 3.8) is 0 Å². The van der Waals surface area contributed by atoms with Crippen LogP contribution in [0.15, 0.2) is 48.5 Å². The summed E-state index contributed by atoms with van der Waals surface area (Å²) in [4.78, 5) is 8.54. The molecule has 0 spiro atoms. The lowest BCUT2D eigenvalue weighted by molar-refractivity contribution is -0.274. The fraction of sp³-hybridized carbons (Fsp3) is 0.200. The molecule has 1 aromatic heterocycles. The molecule has 0 aliphatic carbocycles. The van der Waals surface area contributed by atoms with E-state index in [0.717, 1.165) is 0 Å². The Hall–Kier alpha value is -3.11. The summed E-state index contributed by atoms with van der Waals surface area (Å²) < 4.78 is 55.7. The van der Waals surface area contributed by atoms with Crippen LogP contribution in [0.1, 0.15) is 6.42 Å². The van der Waals surface area contributed by atoms with Crippen molar-refractivity contribution in [3.8, 4) is 17.0 Å². The molecule has 0 aliphatic heterocycles. The van der Waals surface area contributed by atoms with Crippen LogP contribution < -0.4 is 15.4 Å². The number of aromatic nitrogens is 2. The lowest BCUT2D eigenvalue weighted by atomic mass is 10.1. The topological polar surface area (TPSA) is 79.3 Å². The second-order valence-corrected chi connectivity index (χ2v) is 6.73. The van der Waals surface area contributed by atoms with E-state index in [9.17, 15) is 17.6 Å².